The molecular formula is C18H30N2O3. The molecular weight excluding hydrogens is 292 g/mol. The molecule has 2 N–H and O–H groups in total. The van der Waals surface area contributed by atoms with Crippen LogP contribution < -0.4 is 5.32 Å². The fraction of sp³-hybridized carbons (Fsp3) is 0.722. The van der Waals surface area contributed by atoms with Gasteiger partial charge in [-0.1, -0.05) is 27.7 Å². The molecule has 5 heteroatoms. The van der Waals surface area contributed by atoms with Crippen molar-refractivity contribution < 1.29 is 14.3 Å². The van der Waals surface area contributed by atoms with Crippen molar-refractivity contribution in [2.24, 2.45) is 11.3 Å². The number of carbonyl (C=O) groups is 1. The molecule has 1 aromatic heterocycles. The second kappa shape index (κ2) is 7.39. The van der Waals surface area contributed by atoms with Crippen molar-refractivity contribution in [1.82, 2.24) is 10.2 Å². The van der Waals surface area contributed by atoms with Crippen LogP contribution in [0.4, 0.5) is 4.79 Å². The van der Waals surface area contributed by atoms with Crippen molar-refractivity contribution in [3.8, 4) is 0 Å². The summed E-state index contributed by atoms with van der Waals surface area (Å²) < 4.78 is 5.88. The van der Waals surface area contributed by atoms with Gasteiger partial charge in [0.25, 0.3) is 0 Å². The van der Waals surface area contributed by atoms with Gasteiger partial charge in [-0.3, -0.25) is 0 Å². The van der Waals surface area contributed by atoms with Gasteiger partial charge in [-0.05, 0) is 36.3 Å². The molecule has 0 aromatic carbocycles. The van der Waals surface area contributed by atoms with E-state index in [0.29, 0.717) is 6.54 Å². The standard InChI is InChI=1S/C18H30N2O3/c1-5-14-8-9-15(23-14)16(18(2,3)4)19-17(22)20-10-6-7-13(11-20)12-21/h8-9,13,16,21H,5-7,10-12H2,1-4H3,(H,19,22). The fourth-order valence-corrected chi connectivity index (χ4v) is 3.07. The third-order valence-electron chi connectivity index (χ3n) is 4.51. The van der Waals surface area contributed by atoms with E-state index in [-0.39, 0.29) is 30.0 Å². The number of aliphatic hydroxyl groups excluding tert-OH is 1. The normalized spacial score (nSPS) is 20.4. The number of likely N-dealkylation sites (tertiary alicyclic amines) is 1. The van der Waals surface area contributed by atoms with Crippen LogP contribution in [0.1, 0.15) is 58.1 Å². The van der Waals surface area contributed by atoms with Gasteiger partial charge in [-0.15, -0.1) is 0 Å². The van der Waals surface area contributed by atoms with Crippen molar-refractivity contribution in [3.63, 3.8) is 0 Å². The summed E-state index contributed by atoms with van der Waals surface area (Å²) >= 11 is 0. The Kier molecular flexibility index (Phi) is 5.74. The Morgan fingerprint density at radius 3 is 2.78 bits per heavy atom. The number of aryl methyl sites for hydroxylation is 1. The lowest BCUT2D eigenvalue weighted by Crippen LogP contribution is -2.49. The summed E-state index contributed by atoms with van der Waals surface area (Å²) in [7, 11) is 0. The van der Waals surface area contributed by atoms with Crippen LogP contribution in [0.3, 0.4) is 0 Å². The van der Waals surface area contributed by atoms with Gasteiger partial charge in [0.1, 0.15) is 11.5 Å². The molecule has 2 amide bonds. The third-order valence-corrected chi connectivity index (χ3v) is 4.51. The van der Waals surface area contributed by atoms with E-state index in [0.717, 1.165) is 37.3 Å². The van der Waals surface area contributed by atoms with E-state index < -0.39 is 0 Å². The van der Waals surface area contributed by atoms with Crippen molar-refractivity contribution in [2.45, 2.75) is 53.0 Å². The lowest BCUT2D eigenvalue weighted by atomic mass is 9.85. The number of furan rings is 1. The zero-order chi connectivity index (χ0) is 17.0. The second-order valence-corrected chi connectivity index (χ2v) is 7.54. The Morgan fingerprint density at radius 1 is 1.48 bits per heavy atom. The largest absolute Gasteiger partial charge is 0.464 e. The van der Waals surface area contributed by atoms with Crippen LogP contribution in [0.25, 0.3) is 0 Å². The van der Waals surface area contributed by atoms with Crippen LogP contribution in [0, 0.1) is 11.3 Å². The number of hydrogen-bond donors (Lipinski definition) is 2. The molecule has 2 heterocycles. The van der Waals surface area contributed by atoms with Gasteiger partial charge in [-0.25, -0.2) is 4.79 Å². The van der Waals surface area contributed by atoms with E-state index in [1.165, 1.54) is 0 Å². The Morgan fingerprint density at radius 2 is 2.22 bits per heavy atom. The molecule has 130 valence electrons. The van der Waals surface area contributed by atoms with Crippen LogP contribution >= 0.6 is 0 Å². The summed E-state index contributed by atoms with van der Waals surface area (Å²) in [6, 6.07) is 3.69. The van der Waals surface area contributed by atoms with E-state index in [1.807, 2.05) is 17.0 Å². The molecule has 2 unspecified atom stereocenters. The first-order valence-corrected chi connectivity index (χ1v) is 8.60. The molecule has 1 saturated heterocycles. The van der Waals surface area contributed by atoms with Gasteiger partial charge >= 0.3 is 6.03 Å². The molecule has 1 fully saturated rings. The number of nitrogens with one attached hydrogen (secondary N) is 1. The predicted molar refractivity (Wildman–Crippen MR) is 90.2 cm³/mol. The van der Waals surface area contributed by atoms with Gasteiger partial charge < -0.3 is 19.7 Å². The number of urea groups is 1. The van der Waals surface area contributed by atoms with Crippen LogP contribution in [0.2, 0.25) is 0 Å². The molecule has 1 aliphatic rings. The van der Waals surface area contributed by atoms with Gasteiger partial charge in [0.15, 0.2) is 0 Å². The third kappa shape index (κ3) is 4.50. The van der Waals surface area contributed by atoms with Gasteiger partial charge in [-0.2, -0.15) is 0 Å². The summed E-state index contributed by atoms with van der Waals surface area (Å²) in [4.78, 5) is 14.5. The van der Waals surface area contributed by atoms with E-state index in [2.05, 4.69) is 33.0 Å². The van der Waals surface area contributed by atoms with Crippen molar-refractivity contribution in [1.29, 1.82) is 0 Å². The van der Waals surface area contributed by atoms with Crippen molar-refractivity contribution in [3.05, 3.63) is 23.7 Å². The van der Waals surface area contributed by atoms with Crippen LogP contribution in [0.15, 0.2) is 16.5 Å². The predicted octanol–water partition coefficient (Wildman–Crippen LogP) is 3.34. The minimum absolute atomic E-state index is 0.0717. The highest BCUT2D eigenvalue weighted by Gasteiger charge is 2.33. The zero-order valence-electron chi connectivity index (χ0n) is 14.8. The average molecular weight is 322 g/mol. The molecule has 0 radical (unpaired) electrons. The van der Waals surface area contributed by atoms with E-state index in [9.17, 15) is 9.90 Å². The molecule has 1 aliphatic heterocycles. The van der Waals surface area contributed by atoms with E-state index >= 15 is 0 Å². The molecule has 1 aromatic rings. The highest BCUT2D eigenvalue weighted by Crippen LogP contribution is 2.34. The molecule has 23 heavy (non-hydrogen) atoms. The minimum atomic E-state index is -0.176. The summed E-state index contributed by atoms with van der Waals surface area (Å²) in [5.41, 5.74) is -0.148. The lowest BCUT2D eigenvalue weighted by Gasteiger charge is -2.36. The number of piperidine rings is 1. The highest BCUT2D eigenvalue weighted by molar-refractivity contribution is 5.74. The number of carbonyl (C=O) groups excluding carboxylic acids is 1. The van der Waals surface area contributed by atoms with Crippen molar-refractivity contribution in [2.75, 3.05) is 19.7 Å². The van der Waals surface area contributed by atoms with Crippen LogP contribution in [-0.4, -0.2) is 35.7 Å². The summed E-state index contributed by atoms with van der Waals surface area (Å²) in [6.07, 6.45) is 2.77. The molecule has 0 saturated carbocycles. The van der Waals surface area contributed by atoms with Crippen LogP contribution in [-0.2, 0) is 6.42 Å². The number of aliphatic hydroxyl groups is 1. The zero-order valence-corrected chi connectivity index (χ0v) is 14.8. The van der Waals surface area contributed by atoms with Crippen LogP contribution in [0.5, 0.6) is 0 Å². The Balaban J connectivity index is 2.10. The quantitative estimate of drug-likeness (QED) is 0.893. The lowest BCUT2D eigenvalue weighted by molar-refractivity contribution is 0.121. The summed E-state index contributed by atoms with van der Waals surface area (Å²) in [6.45, 7) is 9.85. The highest BCUT2D eigenvalue weighted by atomic mass is 16.3. The van der Waals surface area contributed by atoms with Gasteiger partial charge in [0, 0.05) is 26.1 Å². The average Bonchev–Trinajstić information content (AvgIpc) is 2.99. The molecule has 0 bridgehead atoms. The maximum absolute atomic E-state index is 12.7. The molecule has 5 nitrogen and oxygen atoms in total. The van der Waals surface area contributed by atoms with Gasteiger partial charge in [0.2, 0.25) is 0 Å². The molecule has 2 rings (SSSR count). The number of rotatable bonds is 4. The number of nitrogens with zero attached hydrogens (tertiary/aromatic N) is 1. The SMILES string of the molecule is CCc1ccc(C(NC(=O)N2CCCC(CO)C2)C(C)(C)C)o1. The number of hydrogen-bond acceptors (Lipinski definition) is 3. The fourth-order valence-electron chi connectivity index (χ4n) is 3.07. The van der Waals surface area contributed by atoms with Crippen molar-refractivity contribution >= 4 is 6.03 Å². The maximum Gasteiger partial charge on any atom is 0.318 e. The van der Waals surface area contributed by atoms with Gasteiger partial charge in [0.05, 0.1) is 6.04 Å². The summed E-state index contributed by atoms with van der Waals surface area (Å²) in [5.74, 6) is 1.93. The molecule has 2 atom stereocenters. The molecule has 0 spiro atoms. The summed E-state index contributed by atoms with van der Waals surface area (Å²) in [5, 5.41) is 12.5. The molecule has 0 aliphatic carbocycles. The Hall–Kier alpha value is -1.49. The first kappa shape index (κ1) is 17.9. The topological polar surface area (TPSA) is 65.7 Å². The number of amides is 2. The van der Waals surface area contributed by atoms with E-state index in [1.54, 1.807) is 0 Å². The first-order chi connectivity index (χ1) is 10.8. The first-order valence-electron chi connectivity index (χ1n) is 8.60. The minimum Gasteiger partial charge on any atom is -0.464 e. The van der Waals surface area contributed by atoms with E-state index in [4.69, 9.17) is 4.42 Å². The Bertz CT molecular complexity index is 519. The Labute approximate surface area is 139 Å². The maximum atomic E-state index is 12.7. The second-order valence-electron chi connectivity index (χ2n) is 7.54. The smallest absolute Gasteiger partial charge is 0.318 e. The monoisotopic (exact) mass is 322 g/mol.